The number of fused-ring (bicyclic) bond motifs is 1. The van der Waals surface area contributed by atoms with E-state index in [0.29, 0.717) is 47.5 Å². The number of benzene rings is 3. The van der Waals surface area contributed by atoms with E-state index in [2.05, 4.69) is 84.9 Å². The third-order valence-electron chi connectivity index (χ3n) is 13.0. The number of aryl methyl sites for hydroxylation is 1. The number of hydrogen-bond donors (Lipinski definition) is 6. The Morgan fingerprint density at radius 1 is 0.866 bits per heavy atom. The first-order valence-corrected chi connectivity index (χ1v) is 28.8. The van der Waals surface area contributed by atoms with Crippen LogP contribution in [0.25, 0.3) is 10.9 Å². The third kappa shape index (κ3) is 19.2. The number of nitrogens with one attached hydrogen (secondary N) is 5. The summed E-state index contributed by atoms with van der Waals surface area (Å²) in [6, 6.07) is 20.3. The molecule has 3 aromatic carbocycles. The number of primary amides is 1. The van der Waals surface area contributed by atoms with Crippen LogP contribution in [0.2, 0.25) is 0 Å². The number of halogens is 3. The zero-order valence-corrected chi connectivity index (χ0v) is 50.5. The average Bonchev–Trinajstić information content (AvgIpc) is 3.66. The van der Waals surface area contributed by atoms with Gasteiger partial charge in [0, 0.05) is 77.0 Å². The van der Waals surface area contributed by atoms with E-state index < -0.39 is 41.6 Å². The van der Waals surface area contributed by atoms with Gasteiger partial charge in [-0.05, 0) is 118 Å². The minimum Gasteiger partial charge on any atom is -0.379 e. The molecule has 0 bridgehead atoms. The maximum absolute atomic E-state index is 13.8. The quantitative estimate of drug-likeness (QED) is 0.0129. The number of terminal acetylenes is 1. The number of ether oxygens (including phenoxy) is 3. The van der Waals surface area contributed by atoms with E-state index in [4.69, 9.17) is 26.4 Å². The Hall–Kier alpha value is -7.14. The molecule has 24 heteroatoms. The van der Waals surface area contributed by atoms with Gasteiger partial charge < -0.3 is 51.1 Å². The van der Waals surface area contributed by atoms with E-state index in [0.717, 1.165) is 31.8 Å². The lowest BCUT2D eigenvalue weighted by atomic mass is 9.89. The molecule has 5 aromatic rings. The van der Waals surface area contributed by atoms with Gasteiger partial charge in [-0.1, -0.05) is 47.8 Å². The van der Waals surface area contributed by atoms with Crippen molar-refractivity contribution in [1.82, 2.24) is 30.8 Å². The van der Waals surface area contributed by atoms with Gasteiger partial charge >= 0.3 is 6.03 Å². The molecule has 6 rings (SSSR count). The van der Waals surface area contributed by atoms with Crippen LogP contribution in [0, 0.1) is 31.1 Å². The molecule has 0 saturated heterocycles. The maximum Gasteiger partial charge on any atom is 0.312 e. The molecule has 2 aromatic heterocycles. The summed E-state index contributed by atoms with van der Waals surface area (Å²) in [5.74, 6) is -0.0689. The van der Waals surface area contributed by atoms with Crippen LogP contribution >= 0.6 is 47.8 Å². The summed E-state index contributed by atoms with van der Waals surface area (Å²) < 4.78 is 19.6. The van der Waals surface area contributed by atoms with Crippen LogP contribution in [-0.2, 0) is 57.8 Å². The fourth-order valence-electron chi connectivity index (χ4n) is 8.74. The summed E-state index contributed by atoms with van der Waals surface area (Å²) in [5, 5.41) is 11.7. The van der Waals surface area contributed by atoms with Crippen molar-refractivity contribution in [3.05, 3.63) is 137 Å². The number of H-pyrrole nitrogens is 1. The van der Waals surface area contributed by atoms with Crippen molar-refractivity contribution in [2.75, 3.05) is 69.5 Å². The highest BCUT2D eigenvalue weighted by Crippen LogP contribution is 2.30. The molecule has 21 nitrogen and oxygen atoms in total. The Morgan fingerprint density at radius 3 is 2.20 bits per heavy atom. The smallest absolute Gasteiger partial charge is 0.312 e. The summed E-state index contributed by atoms with van der Waals surface area (Å²) in [4.78, 5) is 112. The minimum atomic E-state index is -0.868. The normalized spacial score (nSPS) is 13.0. The highest BCUT2D eigenvalue weighted by atomic mass is 79.9. The van der Waals surface area contributed by atoms with Gasteiger partial charge in [-0.3, -0.25) is 38.5 Å². The molecule has 82 heavy (non-hydrogen) atoms. The Labute approximate surface area is 500 Å². The van der Waals surface area contributed by atoms with Gasteiger partial charge in [0.25, 0.3) is 23.3 Å². The number of aromatic nitrogens is 3. The summed E-state index contributed by atoms with van der Waals surface area (Å²) in [7, 11) is 0. The summed E-state index contributed by atoms with van der Waals surface area (Å²) in [5.41, 5.74) is 10.0. The summed E-state index contributed by atoms with van der Waals surface area (Å²) in [6.45, 7) is 8.25. The molecule has 0 aliphatic carbocycles. The number of aromatic amines is 1. The molecule has 0 unspecified atom stereocenters. The number of hydrogen-bond acceptors (Lipinski definition) is 13. The van der Waals surface area contributed by atoms with Gasteiger partial charge in [-0.15, -0.1) is 6.42 Å². The first-order valence-electron chi connectivity index (χ1n) is 26.4. The van der Waals surface area contributed by atoms with E-state index in [-0.39, 0.29) is 117 Å². The number of imide groups is 1. The molecule has 0 saturated carbocycles. The molecular formula is C58H66Br3N10O11+. The van der Waals surface area contributed by atoms with Crippen LogP contribution < -0.4 is 42.0 Å². The average molecular weight is 1320 g/mol. The molecule has 7 amide bonds. The number of urea groups is 1. The second-order valence-electron chi connectivity index (χ2n) is 19.5. The second kappa shape index (κ2) is 31.9. The number of carbonyl (C=O) groups excluding carboxylic acids is 7. The Bertz CT molecular complexity index is 3220. The van der Waals surface area contributed by atoms with Gasteiger partial charge in [-0.2, -0.15) is 0 Å². The van der Waals surface area contributed by atoms with Crippen molar-refractivity contribution in [2.24, 2.45) is 17.6 Å². The molecule has 1 aliphatic rings. The van der Waals surface area contributed by atoms with Gasteiger partial charge in [0.15, 0.2) is 24.7 Å². The number of ketones is 1. The van der Waals surface area contributed by atoms with Crippen LogP contribution in [0.5, 0.6) is 0 Å². The first kappa shape index (κ1) is 64.0. The fraction of sp³-hybridized carbons (Fsp3) is 0.379. The van der Waals surface area contributed by atoms with E-state index in [1.807, 2.05) is 64.3 Å². The standard InChI is InChI=1S/C58H65Br3N10O11/c1-5-20-70(35-42-29-45-47(31-46(42)59)65-37(4)66-55(45)76)44-16-12-40(13-17-44)53(74)64-32-39-8-7-21-69(34-39)33-38-10-14-43(15-11-38)67-54(75)41(9-6-19-63-58(62)79)30-48(72)52(36(2)3)68-49(73)18-23-80-25-27-82-28-26-81-24-22-71-56(77)50(60)51(61)57(71)78/h1,7-8,10-17,21,29,31,34,36,41,52H,6,9,18-20,22-28,30,32-33,35H2,2-4H3,(H6-,62,63,64,65,66,67,68,73,74,75,76,79)/p+1/t41-,52+/m1/s1. The largest absolute Gasteiger partial charge is 0.379 e. The Kier molecular flexibility index (Phi) is 24.9. The fourth-order valence-corrected chi connectivity index (χ4v) is 9.96. The van der Waals surface area contributed by atoms with Gasteiger partial charge in [0.1, 0.15) is 14.8 Å². The summed E-state index contributed by atoms with van der Waals surface area (Å²) >= 11 is 9.79. The zero-order valence-electron chi connectivity index (χ0n) is 45.7. The van der Waals surface area contributed by atoms with Crippen LogP contribution in [0.15, 0.2) is 103 Å². The third-order valence-corrected chi connectivity index (χ3v) is 15.7. The van der Waals surface area contributed by atoms with E-state index in [1.54, 1.807) is 51.1 Å². The number of nitrogens with two attached hydrogens (primary N) is 1. The lowest BCUT2D eigenvalue weighted by Crippen LogP contribution is -2.45. The van der Waals surface area contributed by atoms with Crippen molar-refractivity contribution < 1.29 is 52.3 Å². The number of anilines is 2. The van der Waals surface area contributed by atoms with E-state index >= 15 is 0 Å². The lowest BCUT2D eigenvalue weighted by Gasteiger charge is -2.24. The SMILES string of the molecule is C#CCN(Cc1cc2c(=O)[nH]c(C)nc2cc1Br)c1ccc(C(=O)NCc2ccc[n+](Cc3ccc(NC(=O)[C@H](CCCNC(N)=O)CC(=O)[C@@H](NC(=O)CCOCCOCCOCCN4C(=O)C(Br)=C(Br)C4=O)C(C)C)cc3)c2)cc1. The molecule has 7 N–H and O–H groups in total. The van der Waals surface area contributed by atoms with Crippen molar-refractivity contribution in [1.29, 1.82) is 0 Å². The molecular weight excluding hydrogens is 1250 g/mol. The van der Waals surface area contributed by atoms with Crippen molar-refractivity contribution >= 4 is 111 Å². The number of nitrogens with zero attached hydrogens (tertiary/aromatic N) is 4. The minimum absolute atomic E-state index is 0.0132. The Morgan fingerprint density at radius 2 is 1.54 bits per heavy atom. The molecule has 434 valence electrons. The highest BCUT2D eigenvalue weighted by molar-refractivity contribution is 9.14. The molecule has 2 atom stereocenters. The monoisotopic (exact) mass is 1320 g/mol. The van der Waals surface area contributed by atoms with Gasteiger partial charge in [0.05, 0.1) is 69.7 Å². The van der Waals surface area contributed by atoms with E-state index in [1.165, 1.54) is 0 Å². The van der Waals surface area contributed by atoms with Crippen molar-refractivity contribution in [2.45, 2.75) is 72.1 Å². The Balaban J connectivity index is 0.936. The number of carbonyl (C=O) groups is 7. The first-order chi connectivity index (χ1) is 39.3. The highest BCUT2D eigenvalue weighted by Gasteiger charge is 2.35. The molecule has 0 spiro atoms. The summed E-state index contributed by atoms with van der Waals surface area (Å²) in [6.07, 6.45) is 10.1. The number of amides is 7. The predicted octanol–water partition coefficient (Wildman–Crippen LogP) is 5.81. The second-order valence-corrected chi connectivity index (χ2v) is 22.0. The van der Waals surface area contributed by atoms with Crippen molar-refractivity contribution in [3.8, 4) is 12.3 Å². The zero-order chi connectivity index (χ0) is 59.3. The topological polar surface area (TPSA) is 277 Å². The van der Waals surface area contributed by atoms with Crippen LogP contribution in [0.1, 0.15) is 72.4 Å². The lowest BCUT2D eigenvalue weighted by molar-refractivity contribution is -0.688. The molecule has 0 radical (unpaired) electrons. The van der Waals surface area contributed by atoms with Gasteiger partial charge in [-0.25, -0.2) is 14.3 Å². The molecule has 1 aliphatic heterocycles. The van der Waals surface area contributed by atoms with Crippen LogP contribution in [-0.4, -0.2) is 122 Å². The van der Waals surface area contributed by atoms with Crippen LogP contribution in [0.4, 0.5) is 16.2 Å². The number of rotatable bonds is 32. The molecule has 0 fully saturated rings. The van der Waals surface area contributed by atoms with Crippen LogP contribution in [0.3, 0.4) is 0 Å². The predicted molar refractivity (Wildman–Crippen MR) is 318 cm³/mol. The van der Waals surface area contributed by atoms with E-state index in [9.17, 15) is 38.4 Å². The van der Waals surface area contributed by atoms with Gasteiger partial charge in [0.2, 0.25) is 11.8 Å². The number of Topliss-reactive ketones (excluding diaryl/α,β-unsaturated/α-hetero) is 1. The molecule has 3 heterocycles. The number of pyridine rings is 1. The van der Waals surface area contributed by atoms with Crippen molar-refractivity contribution in [3.63, 3.8) is 0 Å². The maximum atomic E-state index is 13.8.